The lowest BCUT2D eigenvalue weighted by atomic mass is 9.93. The van der Waals surface area contributed by atoms with Crippen molar-refractivity contribution in [2.24, 2.45) is 0 Å². The summed E-state index contributed by atoms with van der Waals surface area (Å²) in [5, 5.41) is 10.1. The molecule has 3 N–H and O–H groups in total. The van der Waals surface area contributed by atoms with E-state index in [1.54, 1.807) is 0 Å². The van der Waals surface area contributed by atoms with Gasteiger partial charge in [-0.1, -0.05) is 36.1 Å². The van der Waals surface area contributed by atoms with E-state index in [1.807, 2.05) is 36.4 Å². The van der Waals surface area contributed by atoms with Crippen molar-refractivity contribution in [3.8, 4) is 17.6 Å². The molecule has 0 spiro atoms. The van der Waals surface area contributed by atoms with Crippen molar-refractivity contribution >= 4 is 10.0 Å². The number of hydrogen-bond acceptors (Lipinski definition) is 7. The Labute approximate surface area is 216 Å². The standard InChI is InChI=1S/C27H30N4O5S/c1-37(34,35)30-17-24(16-25-26(32)27(33)29-19-28-25)23-10-8-21(9-11-23)3-2-20-4-6-22(7-5-20)18-31-12-14-36-15-13-31/h4-11,19,24,30,32H,12-18H2,1H3,(H,28,29,33)/t24-/m1/s1. The maximum Gasteiger partial charge on any atom is 0.293 e. The number of nitrogens with zero attached hydrogens (tertiary/aromatic N) is 2. The van der Waals surface area contributed by atoms with E-state index in [2.05, 4.69) is 43.6 Å². The van der Waals surface area contributed by atoms with E-state index in [0.29, 0.717) is 0 Å². The van der Waals surface area contributed by atoms with E-state index in [4.69, 9.17) is 4.74 Å². The van der Waals surface area contributed by atoms with Gasteiger partial charge in [0.2, 0.25) is 15.8 Å². The van der Waals surface area contributed by atoms with Gasteiger partial charge in [0.15, 0.2) is 0 Å². The van der Waals surface area contributed by atoms with Crippen LogP contribution in [-0.4, -0.2) is 67.5 Å². The lowest BCUT2D eigenvalue weighted by Crippen LogP contribution is -2.35. The number of morpholine rings is 1. The smallest absolute Gasteiger partial charge is 0.293 e. The Hall–Kier alpha value is -3.49. The van der Waals surface area contributed by atoms with Crippen LogP contribution in [0.1, 0.15) is 33.9 Å². The largest absolute Gasteiger partial charge is 0.502 e. The first-order chi connectivity index (χ1) is 17.8. The molecule has 0 unspecified atom stereocenters. The topological polar surface area (TPSA) is 125 Å². The minimum Gasteiger partial charge on any atom is -0.502 e. The fourth-order valence-corrected chi connectivity index (χ4v) is 4.57. The van der Waals surface area contributed by atoms with E-state index in [1.165, 1.54) is 11.9 Å². The molecule has 1 fully saturated rings. The quantitative estimate of drug-likeness (QED) is 0.384. The summed E-state index contributed by atoms with van der Waals surface area (Å²) in [6.07, 6.45) is 2.48. The lowest BCUT2D eigenvalue weighted by Gasteiger charge is -2.26. The van der Waals surface area contributed by atoms with E-state index in [9.17, 15) is 18.3 Å². The summed E-state index contributed by atoms with van der Waals surface area (Å²) in [6.45, 7) is 4.45. The first kappa shape index (κ1) is 26.6. The molecule has 1 saturated heterocycles. The van der Waals surface area contributed by atoms with Crippen LogP contribution in [0.3, 0.4) is 0 Å². The van der Waals surface area contributed by atoms with Gasteiger partial charge in [0, 0.05) is 49.6 Å². The van der Waals surface area contributed by atoms with E-state index < -0.39 is 21.3 Å². The van der Waals surface area contributed by atoms with Crippen molar-refractivity contribution in [3.05, 3.63) is 93.2 Å². The lowest BCUT2D eigenvalue weighted by molar-refractivity contribution is 0.0342. The average molecular weight is 523 g/mol. The minimum absolute atomic E-state index is 0.0918. The van der Waals surface area contributed by atoms with Gasteiger partial charge in [-0.25, -0.2) is 18.1 Å². The van der Waals surface area contributed by atoms with Crippen molar-refractivity contribution < 1.29 is 18.3 Å². The van der Waals surface area contributed by atoms with E-state index in [-0.39, 0.29) is 24.6 Å². The Balaban J connectivity index is 1.45. The fraction of sp³-hybridized carbons (Fsp3) is 0.333. The number of benzene rings is 2. The number of ether oxygens (including phenoxy) is 1. The van der Waals surface area contributed by atoms with Crippen LogP contribution in [0.2, 0.25) is 0 Å². The number of sulfonamides is 1. The molecule has 3 aromatic rings. The number of nitrogens with one attached hydrogen (secondary N) is 2. The third-order valence-corrected chi connectivity index (χ3v) is 6.82. The first-order valence-corrected chi connectivity index (χ1v) is 13.9. The number of rotatable bonds is 8. The Morgan fingerprint density at radius 2 is 1.70 bits per heavy atom. The number of aromatic nitrogens is 2. The fourth-order valence-electron chi connectivity index (χ4n) is 4.07. The van der Waals surface area contributed by atoms with Crippen molar-refractivity contribution in [1.29, 1.82) is 0 Å². The molecule has 2 aromatic carbocycles. The Morgan fingerprint density at radius 3 is 2.32 bits per heavy atom. The predicted octanol–water partition coefficient (Wildman–Crippen LogP) is 1.58. The summed E-state index contributed by atoms with van der Waals surface area (Å²) in [5.74, 6) is 5.53. The highest BCUT2D eigenvalue weighted by molar-refractivity contribution is 7.88. The van der Waals surface area contributed by atoms with Gasteiger partial charge in [-0.2, -0.15) is 0 Å². The van der Waals surface area contributed by atoms with E-state index in [0.717, 1.165) is 55.8 Å². The van der Waals surface area contributed by atoms with Crippen LogP contribution in [0.5, 0.6) is 5.75 Å². The molecule has 1 atom stereocenters. The molecule has 0 bridgehead atoms. The first-order valence-electron chi connectivity index (χ1n) is 12.0. The monoisotopic (exact) mass is 522 g/mol. The predicted molar refractivity (Wildman–Crippen MR) is 141 cm³/mol. The highest BCUT2D eigenvalue weighted by atomic mass is 32.2. The zero-order chi connectivity index (χ0) is 26.3. The van der Waals surface area contributed by atoms with Gasteiger partial charge in [0.05, 0.1) is 31.5 Å². The maximum absolute atomic E-state index is 11.7. The molecular formula is C27H30N4O5S. The molecule has 1 aliphatic heterocycles. The third kappa shape index (κ3) is 8.00. The normalized spacial score (nSPS) is 15.1. The van der Waals surface area contributed by atoms with Crippen molar-refractivity contribution in [3.63, 3.8) is 0 Å². The van der Waals surface area contributed by atoms with Crippen LogP contribution in [0.15, 0.2) is 59.7 Å². The zero-order valence-corrected chi connectivity index (χ0v) is 21.4. The van der Waals surface area contributed by atoms with Gasteiger partial charge >= 0.3 is 0 Å². The molecule has 0 amide bonds. The van der Waals surface area contributed by atoms with Gasteiger partial charge in [0.1, 0.15) is 0 Å². The number of aromatic amines is 1. The van der Waals surface area contributed by atoms with Gasteiger partial charge in [-0.3, -0.25) is 9.69 Å². The molecule has 10 heteroatoms. The molecule has 194 valence electrons. The summed E-state index contributed by atoms with van der Waals surface area (Å²) >= 11 is 0. The van der Waals surface area contributed by atoms with Crippen LogP contribution in [-0.2, 0) is 27.7 Å². The maximum atomic E-state index is 11.7. The van der Waals surface area contributed by atoms with Gasteiger partial charge in [-0.05, 0) is 35.4 Å². The molecule has 0 aliphatic carbocycles. The number of aromatic hydroxyl groups is 1. The summed E-state index contributed by atoms with van der Waals surface area (Å²) < 4.78 is 31.3. The second-order valence-corrected chi connectivity index (χ2v) is 10.8. The summed E-state index contributed by atoms with van der Waals surface area (Å²) in [4.78, 5) is 20.5. The average Bonchev–Trinajstić information content (AvgIpc) is 2.89. The van der Waals surface area contributed by atoms with E-state index >= 15 is 0 Å². The van der Waals surface area contributed by atoms with Gasteiger partial charge in [0.25, 0.3) is 5.56 Å². The second-order valence-electron chi connectivity index (χ2n) is 9.01. The SMILES string of the molecule is CS(=O)(=O)NC[C@@H](Cc1nc[nH]c(=O)c1O)c1ccc(C#Cc2ccc(CN3CCOCC3)cc2)cc1. The molecule has 0 saturated carbocycles. The second kappa shape index (κ2) is 12.2. The van der Waals surface area contributed by atoms with Crippen molar-refractivity contribution in [1.82, 2.24) is 19.6 Å². The van der Waals surface area contributed by atoms with Crippen molar-refractivity contribution in [2.75, 3.05) is 39.1 Å². The van der Waals surface area contributed by atoms with Crippen molar-refractivity contribution in [2.45, 2.75) is 18.9 Å². The molecule has 1 aliphatic rings. The Kier molecular flexibility index (Phi) is 8.74. The van der Waals surface area contributed by atoms with Gasteiger partial charge in [-0.15, -0.1) is 0 Å². The summed E-state index contributed by atoms with van der Waals surface area (Å²) in [6, 6.07) is 15.7. The highest BCUT2D eigenvalue weighted by Gasteiger charge is 2.18. The van der Waals surface area contributed by atoms with Crippen LogP contribution >= 0.6 is 0 Å². The van der Waals surface area contributed by atoms with Crippen LogP contribution in [0.25, 0.3) is 0 Å². The van der Waals surface area contributed by atoms with Crippen LogP contribution in [0, 0.1) is 11.8 Å². The third-order valence-electron chi connectivity index (χ3n) is 6.13. The Bertz CT molecular complexity index is 1420. The molecule has 37 heavy (non-hydrogen) atoms. The zero-order valence-electron chi connectivity index (χ0n) is 20.6. The number of hydrogen-bond donors (Lipinski definition) is 3. The molecule has 4 rings (SSSR count). The number of H-pyrrole nitrogens is 1. The summed E-state index contributed by atoms with van der Waals surface area (Å²) in [7, 11) is -3.43. The van der Waals surface area contributed by atoms with Gasteiger partial charge < -0.3 is 14.8 Å². The molecule has 9 nitrogen and oxygen atoms in total. The summed E-state index contributed by atoms with van der Waals surface area (Å²) in [5.41, 5.74) is 3.36. The van der Waals surface area contributed by atoms with Crippen LogP contribution < -0.4 is 10.3 Å². The van der Waals surface area contributed by atoms with Crippen LogP contribution in [0.4, 0.5) is 0 Å². The molecule has 2 heterocycles. The molecule has 1 aromatic heterocycles. The Morgan fingerprint density at radius 1 is 1.08 bits per heavy atom. The minimum atomic E-state index is -3.43. The molecule has 0 radical (unpaired) electrons. The highest BCUT2D eigenvalue weighted by Crippen LogP contribution is 2.23. The molecular weight excluding hydrogens is 492 g/mol.